The van der Waals surface area contributed by atoms with E-state index in [4.69, 9.17) is 11.6 Å². The highest BCUT2D eigenvalue weighted by Gasteiger charge is 2.42. The van der Waals surface area contributed by atoms with Crippen molar-refractivity contribution < 1.29 is 0 Å². The second kappa shape index (κ2) is 5.91. The quantitative estimate of drug-likeness (QED) is 0.829. The summed E-state index contributed by atoms with van der Waals surface area (Å²) in [6.45, 7) is 2.38. The Morgan fingerprint density at radius 2 is 2.05 bits per heavy atom. The van der Waals surface area contributed by atoms with Crippen LogP contribution >= 0.6 is 23.1 Å². The van der Waals surface area contributed by atoms with E-state index in [1.54, 1.807) is 11.5 Å². The van der Waals surface area contributed by atoms with Crippen LogP contribution in [0.2, 0.25) is 5.02 Å². The third-order valence-corrected chi connectivity index (χ3v) is 6.18. The van der Waals surface area contributed by atoms with E-state index in [0.29, 0.717) is 0 Å². The summed E-state index contributed by atoms with van der Waals surface area (Å²) in [6.07, 6.45) is 7.13. The number of hydrogen-bond acceptors (Lipinski definition) is 4. The number of fused-ring (bicyclic) bond motifs is 1. The molecule has 1 aromatic heterocycles. The lowest BCUT2D eigenvalue weighted by Gasteiger charge is -2.48. The topological polar surface area (TPSA) is 29.0 Å². The minimum absolute atomic E-state index is 0.0759. The van der Waals surface area contributed by atoms with Crippen LogP contribution in [0.15, 0.2) is 24.3 Å². The highest BCUT2D eigenvalue weighted by molar-refractivity contribution is 7.05. The van der Waals surface area contributed by atoms with Gasteiger partial charge in [-0.3, -0.25) is 4.90 Å². The van der Waals surface area contributed by atoms with Gasteiger partial charge in [0.15, 0.2) is 0 Å². The second-order valence-electron chi connectivity index (χ2n) is 6.41. The number of likely N-dealkylation sites (tertiary alicyclic amines) is 1. The average molecular weight is 334 g/mol. The predicted octanol–water partition coefficient (Wildman–Crippen LogP) is 4.06. The Hall–Kier alpha value is -0.970. The zero-order valence-electron chi connectivity index (χ0n) is 12.6. The number of halogens is 1. The first kappa shape index (κ1) is 14.6. The summed E-state index contributed by atoms with van der Waals surface area (Å²) in [6, 6.07) is 8.47. The van der Waals surface area contributed by atoms with Crippen molar-refractivity contribution in [2.45, 2.75) is 44.1 Å². The molecule has 1 fully saturated rings. The van der Waals surface area contributed by atoms with Crippen molar-refractivity contribution in [1.82, 2.24) is 14.5 Å². The molecule has 1 atom stereocenters. The SMILES string of the molecule is Clc1cccc(C2(N3CCCCC3)CCc3nnsc3C2)c1. The summed E-state index contributed by atoms with van der Waals surface area (Å²) in [4.78, 5) is 4.06. The van der Waals surface area contributed by atoms with Crippen LogP contribution in [0.1, 0.15) is 41.8 Å². The first-order chi connectivity index (χ1) is 10.8. The Morgan fingerprint density at radius 1 is 1.18 bits per heavy atom. The Labute approximate surface area is 140 Å². The third kappa shape index (κ3) is 2.47. The number of aromatic nitrogens is 2. The zero-order valence-corrected chi connectivity index (χ0v) is 14.2. The van der Waals surface area contributed by atoms with Crippen LogP contribution in [0.3, 0.4) is 0 Å². The molecule has 2 aliphatic rings. The number of rotatable bonds is 2. The molecule has 4 rings (SSSR count). The first-order valence-corrected chi connectivity index (χ1v) is 9.24. The molecule has 5 heteroatoms. The highest BCUT2D eigenvalue weighted by Crippen LogP contribution is 2.43. The maximum absolute atomic E-state index is 6.30. The number of hydrogen-bond donors (Lipinski definition) is 0. The first-order valence-electron chi connectivity index (χ1n) is 8.09. The summed E-state index contributed by atoms with van der Waals surface area (Å²) >= 11 is 7.87. The normalized spacial score (nSPS) is 25.9. The lowest BCUT2D eigenvalue weighted by molar-refractivity contribution is 0.0507. The van der Waals surface area contributed by atoms with Crippen molar-refractivity contribution in [3.63, 3.8) is 0 Å². The van der Waals surface area contributed by atoms with Crippen molar-refractivity contribution >= 4 is 23.1 Å². The van der Waals surface area contributed by atoms with Crippen molar-refractivity contribution in [1.29, 1.82) is 0 Å². The minimum atomic E-state index is 0.0759. The molecule has 1 aliphatic carbocycles. The van der Waals surface area contributed by atoms with Gasteiger partial charge in [0.25, 0.3) is 0 Å². The van der Waals surface area contributed by atoms with Gasteiger partial charge in [-0.15, -0.1) is 5.10 Å². The van der Waals surface area contributed by atoms with Gasteiger partial charge >= 0.3 is 0 Å². The Bertz CT molecular complexity index is 665. The van der Waals surface area contributed by atoms with Crippen LogP contribution in [0.5, 0.6) is 0 Å². The molecule has 1 saturated heterocycles. The second-order valence-corrected chi connectivity index (χ2v) is 7.68. The molecule has 1 aliphatic heterocycles. The molecule has 0 bridgehead atoms. The molecule has 0 amide bonds. The van der Waals surface area contributed by atoms with Crippen LogP contribution in [0.25, 0.3) is 0 Å². The van der Waals surface area contributed by atoms with Gasteiger partial charge in [0, 0.05) is 11.4 Å². The maximum Gasteiger partial charge on any atom is 0.0789 e. The zero-order chi connectivity index (χ0) is 15.0. The molecular weight excluding hydrogens is 314 g/mol. The van der Waals surface area contributed by atoms with Gasteiger partial charge in [-0.2, -0.15) is 0 Å². The Morgan fingerprint density at radius 3 is 2.86 bits per heavy atom. The molecule has 0 N–H and O–H groups in total. The molecule has 1 unspecified atom stereocenters. The van der Waals surface area contributed by atoms with Gasteiger partial charge in [-0.1, -0.05) is 34.6 Å². The predicted molar refractivity (Wildman–Crippen MR) is 90.5 cm³/mol. The van der Waals surface area contributed by atoms with E-state index in [-0.39, 0.29) is 5.54 Å². The molecule has 0 saturated carbocycles. The van der Waals surface area contributed by atoms with Crippen LogP contribution < -0.4 is 0 Å². The molecule has 0 spiro atoms. The van der Waals surface area contributed by atoms with Crippen LogP contribution in [-0.4, -0.2) is 27.6 Å². The lowest BCUT2D eigenvalue weighted by Crippen LogP contribution is -2.51. The molecule has 3 nitrogen and oxygen atoms in total. The van der Waals surface area contributed by atoms with Crippen molar-refractivity contribution in [2.24, 2.45) is 0 Å². The lowest BCUT2D eigenvalue weighted by atomic mass is 9.75. The van der Waals surface area contributed by atoms with Crippen molar-refractivity contribution in [3.05, 3.63) is 45.4 Å². The monoisotopic (exact) mass is 333 g/mol. The van der Waals surface area contributed by atoms with E-state index in [0.717, 1.165) is 24.3 Å². The standard InChI is InChI=1S/C17H20ClN3S/c18-14-6-4-5-13(11-14)17(21-9-2-1-3-10-21)8-7-15-16(12-17)22-20-19-15/h4-6,11H,1-3,7-10,12H2. The van der Waals surface area contributed by atoms with Crippen LogP contribution in [0, 0.1) is 0 Å². The van der Waals surface area contributed by atoms with E-state index >= 15 is 0 Å². The fraction of sp³-hybridized carbons (Fsp3) is 0.529. The van der Waals surface area contributed by atoms with Gasteiger partial charge in [-0.05, 0) is 68.0 Å². The summed E-state index contributed by atoms with van der Waals surface area (Å²) < 4.78 is 4.17. The summed E-state index contributed by atoms with van der Waals surface area (Å²) in [7, 11) is 0. The van der Waals surface area contributed by atoms with Gasteiger partial charge in [0.2, 0.25) is 0 Å². The molecule has 2 aromatic rings. The molecule has 1 aromatic carbocycles. The van der Waals surface area contributed by atoms with Gasteiger partial charge in [0.1, 0.15) is 0 Å². The van der Waals surface area contributed by atoms with Gasteiger partial charge in [-0.25, -0.2) is 0 Å². The molecule has 2 heterocycles. The number of aryl methyl sites for hydroxylation is 1. The largest absolute Gasteiger partial charge is 0.293 e. The molecule has 22 heavy (non-hydrogen) atoms. The van der Waals surface area contributed by atoms with E-state index < -0.39 is 0 Å². The fourth-order valence-corrected chi connectivity index (χ4v) is 5.01. The fourth-order valence-electron chi connectivity index (χ4n) is 4.03. The molecule has 116 valence electrons. The maximum atomic E-state index is 6.30. The number of nitrogens with zero attached hydrogens (tertiary/aromatic N) is 3. The number of benzene rings is 1. The van der Waals surface area contributed by atoms with E-state index in [9.17, 15) is 0 Å². The summed E-state index contributed by atoms with van der Waals surface area (Å²) in [5.74, 6) is 0. The molecular formula is C17H20ClN3S. The Kier molecular flexibility index (Phi) is 3.93. The van der Waals surface area contributed by atoms with Crippen LogP contribution in [0.4, 0.5) is 0 Å². The molecule has 0 radical (unpaired) electrons. The number of piperidine rings is 1. The summed E-state index contributed by atoms with van der Waals surface area (Å²) in [5.41, 5.74) is 2.65. The third-order valence-electron chi connectivity index (χ3n) is 5.19. The van der Waals surface area contributed by atoms with E-state index in [2.05, 4.69) is 32.7 Å². The van der Waals surface area contributed by atoms with Gasteiger partial charge in [0.05, 0.1) is 16.1 Å². The van der Waals surface area contributed by atoms with Gasteiger partial charge < -0.3 is 0 Å². The average Bonchev–Trinajstić information content (AvgIpc) is 3.03. The highest BCUT2D eigenvalue weighted by atomic mass is 35.5. The van der Waals surface area contributed by atoms with Crippen LogP contribution in [-0.2, 0) is 18.4 Å². The van der Waals surface area contributed by atoms with Crippen molar-refractivity contribution in [3.8, 4) is 0 Å². The smallest absolute Gasteiger partial charge is 0.0789 e. The van der Waals surface area contributed by atoms with Crippen molar-refractivity contribution in [2.75, 3.05) is 13.1 Å². The van der Waals surface area contributed by atoms with E-state index in [1.165, 1.54) is 48.5 Å². The summed E-state index contributed by atoms with van der Waals surface area (Å²) in [5, 5.41) is 5.14. The minimum Gasteiger partial charge on any atom is -0.293 e. The van der Waals surface area contributed by atoms with E-state index in [1.807, 2.05) is 6.07 Å². The Balaban J connectivity index is 1.78.